The first kappa shape index (κ1) is 51.6. The monoisotopic (exact) mass is 751 g/mol. The van der Waals surface area contributed by atoms with Crippen molar-refractivity contribution in [1.82, 2.24) is 0 Å². The maximum atomic E-state index is 12.2. The molecule has 0 rings (SSSR count). The molecule has 0 amide bonds. The van der Waals surface area contributed by atoms with Crippen molar-refractivity contribution in [2.45, 2.75) is 206 Å². The Morgan fingerprint density at radius 1 is 0.463 bits per heavy atom. The topological polar surface area (TPSA) is 55.8 Å². The van der Waals surface area contributed by atoms with Crippen molar-refractivity contribution in [2.24, 2.45) is 0 Å². The minimum atomic E-state index is -0.550. The molecule has 4 heteroatoms. The van der Waals surface area contributed by atoms with Crippen molar-refractivity contribution < 1.29 is 19.4 Å². The molecule has 0 radical (unpaired) electrons. The van der Waals surface area contributed by atoms with E-state index in [1.807, 2.05) is 0 Å². The van der Waals surface area contributed by atoms with Gasteiger partial charge in [-0.1, -0.05) is 189 Å². The zero-order valence-electron chi connectivity index (χ0n) is 35.5. The number of aliphatic hydroxyl groups excluding tert-OH is 1. The zero-order chi connectivity index (χ0) is 39.1. The molecule has 0 aromatic heterocycles. The van der Waals surface area contributed by atoms with Crippen LogP contribution in [0, 0.1) is 0 Å². The zero-order valence-corrected chi connectivity index (χ0v) is 35.5. The average molecular weight is 751 g/mol. The van der Waals surface area contributed by atoms with Crippen LogP contribution in [0.4, 0.5) is 0 Å². The molecule has 54 heavy (non-hydrogen) atoms. The van der Waals surface area contributed by atoms with Gasteiger partial charge in [0.05, 0.1) is 13.2 Å². The molecule has 0 saturated heterocycles. The van der Waals surface area contributed by atoms with E-state index in [1.165, 1.54) is 109 Å². The quantitative estimate of drug-likeness (QED) is 0.0384. The van der Waals surface area contributed by atoms with Gasteiger partial charge in [-0.15, -0.1) is 0 Å². The van der Waals surface area contributed by atoms with E-state index in [0.717, 1.165) is 70.6 Å². The Kier molecular flexibility index (Phi) is 44.6. The average Bonchev–Trinajstić information content (AvgIpc) is 3.18. The first-order valence-electron chi connectivity index (χ1n) is 22.7. The number of rotatable bonds is 41. The van der Waals surface area contributed by atoms with Crippen LogP contribution in [0.15, 0.2) is 85.1 Å². The summed E-state index contributed by atoms with van der Waals surface area (Å²) in [4.78, 5) is 12.2. The van der Waals surface area contributed by atoms with E-state index in [9.17, 15) is 9.90 Å². The highest BCUT2D eigenvalue weighted by molar-refractivity contribution is 5.69. The van der Waals surface area contributed by atoms with E-state index in [2.05, 4.69) is 98.9 Å². The number of carbonyl (C=O) groups is 1. The molecule has 0 saturated carbocycles. The number of ether oxygens (including phenoxy) is 2. The van der Waals surface area contributed by atoms with Gasteiger partial charge in [-0.2, -0.15) is 0 Å². The number of aliphatic hydroxyl groups is 1. The molecule has 0 fully saturated rings. The number of hydrogen-bond donors (Lipinski definition) is 1. The lowest BCUT2D eigenvalue weighted by Gasteiger charge is -2.15. The summed E-state index contributed by atoms with van der Waals surface area (Å²) in [5.74, 6) is -0.216. The Labute approximate surface area is 335 Å². The molecule has 0 aromatic carbocycles. The van der Waals surface area contributed by atoms with Crippen LogP contribution in [0.1, 0.15) is 200 Å². The van der Waals surface area contributed by atoms with Crippen molar-refractivity contribution in [3.63, 3.8) is 0 Å². The first-order chi connectivity index (χ1) is 26.7. The SMILES string of the molecule is CC/C=C\C/C=C\C/C=C\C/C=C\C/C=C\C/C=C\CCCCCCCCCOCC(CO)OC(=O)CCCCCCC/C=C\CCCCCCCCC. The summed E-state index contributed by atoms with van der Waals surface area (Å²) in [6.45, 7) is 5.19. The van der Waals surface area contributed by atoms with Crippen LogP contribution >= 0.6 is 0 Å². The molecule has 0 heterocycles. The second kappa shape index (κ2) is 46.7. The molecule has 310 valence electrons. The van der Waals surface area contributed by atoms with Crippen molar-refractivity contribution in [3.05, 3.63) is 85.1 Å². The lowest BCUT2D eigenvalue weighted by Crippen LogP contribution is -2.27. The molecule has 0 bridgehead atoms. The normalized spacial score (nSPS) is 13.2. The van der Waals surface area contributed by atoms with E-state index in [-0.39, 0.29) is 19.2 Å². The fourth-order valence-corrected chi connectivity index (χ4v) is 6.09. The number of esters is 1. The lowest BCUT2D eigenvalue weighted by molar-refractivity contribution is -0.154. The van der Waals surface area contributed by atoms with Crippen LogP contribution in [0.2, 0.25) is 0 Å². The van der Waals surface area contributed by atoms with Crippen molar-refractivity contribution in [3.8, 4) is 0 Å². The Balaban J connectivity index is 3.51. The molecule has 1 unspecified atom stereocenters. The highest BCUT2D eigenvalue weighted by Gasteiger charge is 2.13. The third-order valence-corrected chi connectivity index (χ3v) is 9.45. The summed E-state index contributed by atoms with van der Waals surface area (Å²) >= 11 is 0. The van der Waals surface area contributed by atoms with Crippen molar-refractivity contribution in [1.29, 1.82) is 0 Å². The van der Waals surface area contributed by atoms with Gasteiger partial charge in [0.1, 0.15) is 6.10 Å². The molecule has 0 spiro atoms. The Morgan fingerprint density at radius 2 is 0.833 bits per heavy atom. The third-order valence-electron chi connectivity index (χ3n) is 9.45. The largest absolute Gasteiger partial charge is 0.457 e. The van der Waals surface area contributed by atoms with Crippen LogP contribution in [-0.2, 0) is 14.3 Å². The minimum Gasteiger partial charge on any atom is -0.457 e. The standard InChI is InChI=1S/C50H86O4/c1-3-5-7-9-11-13-15-17-19-21-22-23-24-25-26-27-28-29-30-32-34-36-38-40-42-44-46-53-48-49(47-51)54-50(52)45-43-41-39-37-35-33-31-20-18-16-14-12-10-8-6-4-2/h5,7,11,13,17,19-20,22-23,25-26,28-29,31,49,51H,3-4,6,8-10,12,14-16,18,21,24,27,30,32-48H2,1-2H3/b7-5-,13-11-,19-17-,23-22-,26-25-,29-28-,31-20-. The first-order valence-corrected chi connectivity index (χ1v) is 22.7. The van der Waals surface area contributed by atoms with Crippen LogP contribution in [-0.4, -0.2) is 37.0 Å². The van der Waals surface area contributed by atoms with Gasteiger partial charge >= 0.3 is 5.97 Å². The fraction of sp³-hybridized carbons (Fsp3) is 0.700. The van der Waals surface area contributed by atoms with Gasteiger partial charge in [0.2, 0.25) is 0 Å². The van der Waals surface area contributed by atoms with Crippen LogP contribution in [0.3, 0.4) is 0 Å². The predicted octanol–water partition coefficient (Wildman–Crippen LogP) is 15.2. The highest BCUT2D eigenvalue weighted by atomic mass is 16.6. The van der Waals surface area contributed by atoms with E-state index in [4.69, 9.17) is 9.47 Å². The molecule has 0 aliphatic heterocycles. The minimum absolute atomic E-state index is 0.184. The molecule has 0 aromatic rings. The van der Waals surface area contributed by atoms with Gasteiger partial charge in [-0.05, 0) is 89.9 Å². The Bertz CT molecular complexity index is 969. The lowest BCUT2D eigenvalue weighted by atomic mass is 10.1. The molecular formula is C50H86O4. The molecule has 1 N–H and O–H groups in total. The predicted molar refractivity (Wildman–Crippen MR) is 237 cm³/mol. The highest BCUT2D eigenvalue weighted by Crippen LogP contribution is 2.12. The molecular weight excluding hydrogens is 665 g/mol. The van der Waals surface area contributed by atoms with Gasteiger partial charge < -0.3 is 14.6 Å². The summed E-state index contributed by atoms with van der Waals surface area (Å²) in [7, 11) is 0. The molecule has 0 aliphatic rings. The number of allylic oxidation sites excluding steroid dienone is 14. The summed E-state index contributed by atoms with van der Waals surface area (Å²) in [5.41, 5.74) is 0. The summed E-state index contributed by atoms with van der Waals surface area (Å²) in [6.07, 6.45) is 65.0. The van der Waals surface area contributed by atoms with E-state index in [1.54, 1.807) is 0 Å². The fourth-order valence-electron chi connectivity index (χ4n) is 6.09. The molecule has 1 atom stereocenters. The Hall–Kier alpha value is -2.43. The molecule has 4 nitrogen and oxygen atoms in total. The maximum absolute atomic E-state index is 12.2. The third kappa shape index (κ3) is 44.0. The molecule has 0 aliphatic carbocycles. The van der Waals surface area contributed by atoms with Gasteiger partial charge in [0.15, 0.2) is 0 Å². The van der Waals surface area contributed by atoms with Gasteiger partial charge in [0, 0.05) is 13.0 Å². The second-order valence-corrected chi connectivity index (χ2v) is 14.7. The van der Waals surface area contributed by atoms with Gasteiger partial charge in [-0.3, -0.25) is 4.79 Å². The van der Waals surface area contributed by atoms with Gasteiger partial charge in [0.25, 0.3) is 0 Å². The van der Waals surface area contributed by atoms with Crippen LogP contribution in [0.25, 0.3) is 0 Å². The number of hydrogen-bond acceptors (Lipinski definition) is 4. The van der Waals surface area contributed by atoms with E-state index < -0.39 is 6.10 Å². The smallest absolute Gasteiger partial charge is 0.306 e. The maximum Gasteiger partial charge on any atom is 0.306 e. The van der Waals surface area contributed by atoms with E-state index >= 15 is 0 Å². The van der Waals surface area contributed by atoms with Crippen molar-refractivity contribution >= 4 is 5.97 Å². The van der Waals surface area contributed by atoms with Gasteiger partial charge in [-0.25, -0.2) is 0 Å². The summed E-state index contributed by atoms with van der Waals surface area (Å²) in [5, 5.41) is 9.61. The summed E-state index contributed by atoms with van der Waals surface area (Å²) < 4.78 is 11.2. The van der Waals surface area contributed by atoms with E-state index in [0.29, 0.717) is 13.0 Å². The van der Waals surface area contributed by atoms with Crippen molar-refractivity contribution in [2.75, 3.05) is 19.8 Å². The summed E-state index contributed by atoms with van der Waals surface area (Å²) in [6, 6.07) is 0. The number of carbonyl (C=O) groups excluding carboxylic acids is 1. The second-order valence-electron chi connectivity index (χ2n) is 14.7. The van der Waals surface area contributed by atoms with Crippen LogP contribution in [0.5, 0.6) is 0 Å². The Morgan fingerprint density at radius 3 is 1.28 bits per heavy atom. The van der Waals surface area contributed by atoms with Crippen LogP contribution < -0.4 is 0 Å². The number of unbranched alkanes of at least 4 members (excludes halogenated alkanes) is 19.